The number of hydrogen-bond acceptors (Lipinski definition) is 3. The number of anilines is 1. The van der Waals surface area contributed by atoms with Gasteiger partial charge in [0, 0.05) is 24.9 Å². The van der Waals surface area contributed by atoms with Gasteiger partial charge in [0.15, 0.2) is 0 Å². The van der Waals surface area contributed by atoms with E-state index < -0.39 is 0 Å². The van der Waals surface area contributed by atoms with Crippen molar-refractivity contribution in [1.29, 1.82) is 0 Å². The average molecular weight is 340 g/mol. The lowest BCUT2D eigenvalue weighted by atomic mass is 10.1. The van der Waals surface area contributed by atoms with Crippen LogP contribution in [-0.4, -0.2) is 35.1 Å². The molecule has 0 aliphatic heterocycles. The van der Waals surface area contributed by atoms with Gasteiger partial charge in [-0.05, 0) is 43.9 Å². The molecule has 1 atom stereocenters. The number of nitrogens with one attached hydrogen (secondary N) is 1. The van der Waals surface area contributed by atoms with Crippen molar-refractivity contribution >= 4 is 11.6 Å². The van der Waals surface area contributed by atoms with E-state index in [4.69, 9.17) is 0 Å². The molecule has 0 saturated heterocycles. The van der Waals surface area contributed by atoms with Gasteiger partial charge in [-0.2, -0.15) is 0 Å². The molecular weight excluding hydrogens is 312 g/mol. The Bertz CT molecular complexity index is 665. The first-order valence-electron chi connectivity index (χ1n) is 8.76. The van der Waals surface area contributed by atoms with Crippen LogP contribution in [0, 0.1) is 13.8 Å². The highest BCUT2D eigenvalue weighted by atomic mass is 16.3. The van der Waals surface area contributed by atoms with Gasteiger partial charge >= 0.3 is 0 Å². The summed E-state index contributed by atoms with van der Waals surface area (Å²) < 4.78 is 0. The van der Waals surface area contributed by atoms with Gasteiger partial charge < -0.3 is 10.4 Å². The number of aliphatic hydroxyl groups is 1. The molecule has 4 heteroatoms. The minimum atomic E-state index is -0.0295. The highest BCUT2D eigenvalue weighted by Crippen LogP contribution is 2.19. The largest absolute Gasteiger partial charge is 0.396 e. The molecule has 2 aromatic rings. The van der Waals surface area contributed by atoms with Gasteiger partial charge in [-0.1, -0.05) is 48.5 Å². The van der Waals surface area contributed by atoms with Crippen LogP contribution in [0.15, 0.2) is 48.5 Å². The summed E-state index contributed by atoms with van der Waals surface area (Å²) in [6, 6.07) is 16.2. The van der Waals surface area contributed by atoms with Crippen molar-refractivity contribution in [2.24, 2.45) is 0 Å². The number of carbonyl (C=O) groups is 1. The molecule has 0 heterocycles. The molecule has 0 aromatic heterocycles. The van der Waals surface area contributed by atoms with Gasteiger partial charge in [0.05, 0.1) is 6.54 Å². The molecule has 1 unspecified atom stereocenters. The summed E-state index contributed by atoms with van der Waals surface area (Å²) in [6.07, 6.45) is 0.642. The summed E-state index contributed by atoms with van der Waals surface area (Å²) in [5.41, 5.74) is 4.17. The quantitative estimate of drug-likeness (QED) is 0.773. The fraction of sp³-hybridized carbons (Fsp3) is 0.381. The first kappa shape index (κ1) is 19.2. The molecule has 0 fully saturated rings. The van der Waals surface area contributed by atoms with E-state index in [1.165, 1.54) is 0 Å². The number of hydrogen-bond donors (Lipinski definition) is 2. The number of para-hydroxylation sites is 1. The van der Waals surface area contributed by atoms with Crippen LogP contribution < -0.4 is 5.32 Å². The molecule has 25 heavy (non-hydrogen) atoms. The number of aryl methyl sites for hydroxylation is 2. The second-order valence-electron chi connectivity index (χ2n) is 6.57. The van der Waals surface area contributed by atoms with E-state index >= 15 is 0 Å². The van der Waals surface area contributed by atoms with Crippen molar-refractivity contribution < 1.29 is 9.90 Å². The maximum atomic E-state index is 12.6. The van der Waals surface area contributed by atoms with Gasteiger partial charge in [0.1, 0.15) is 0 Å². The van der Waals surface area contributed by atoms with Crippen molar-refractivity contribution in [3.63, 3.8) is 0 Å². The van der Waals surface area contributed by atoms with Crippen LogP contribution >= 0.6 is 0 Å². The molecule has 0 saturated carbocycles. The van der Waals surface area contributed by atoms with Crippen molar-refractivity contribution in [3.05, 3.63) is 65.2 Å². The summed E-state index contributed by atoms with van der Waals surface area (Å²) in [5.74, 6) is -0.0295. The van der Waals surface area contributed by atoms with Gasteiger partial charge in [-0.15, -0.1) is 0 Å². The van der Waals surface area contributed by atoms with Crippen molar-refractivity contribution in [3.8, 4) is 0 Å². The zero-order valence-corrected chi connectivity index (χ0v) is 15.3. The van der Waals surface area contributed by atoms with E-state index in [1.807, 2.05) is 57.2 Å². The normalized spacial score (nSPS) is 12.2. The third-order valence-corrected chi connectivity index (χ3v) is 4.49. The van der Waals surface area contributed by atoms with Crippen LogP contribution in [0.2, 0.25) is 0 Å². The summed E-state index contributed by atoms with van der Waals surface area (Å²) >= 11 is 0. The number of aliphatic hydroxyl groups excluding tert-OH is 1. The molecule has 2 aromatic carbocycles. The molecule has 0 aliphatic carbocycles. The van der Waals surface area contributed by atoms with Crippen LogP contribution in [0.25, 0.3) is 0 Å². The Hall–Kier alpha value is -2.17. The average Bonchev–Trinajstić information content (AvgIpc) is 2.59. The van der Waals surface area contributed by atoms with E-state index in [-0.39, 0.29) is 18.6 Å². The predicted molar refractivity (Wildman–Crippen MR) is 103 cm³/mol. The first-order chi connectivity index (χ1) is 12.0. The van der Waals surface area contributed by atoms with E-state index in [9.17, 15) is 9.90 Å². The summed E-state index contributed by atoms with van der Waals surface area (Å²) in [7, 11) is 0. The van der Waals surface area contributed by atoms with Gasteiger partial charge in [0.2, 0.25) is 5.91 Å². The van der Waals surface area contributed by atoms with Crippen LogP contribution in [0.5, 0.6) is 0 Å². The second kappa shape index (κ2) is 9.35. The molecule has 0 aliphatic rings. The molecule has 2 N–H and O–H groups in total. The van der Waals surface area contributed by atoms with Gasteiger partial charge in [-0.25, -0.2) is 0 Å². The summed E-state index contributed by atoms with van der Waals surface area (Å²) in [6.45, 7) is 7.14. The highest BCUT2D eigenvalue weighted by molar-refractivity contribution is 5.93. The lowest BCUT2D eigenvalue weighted by Crippen LogP contribution is -2.39. The van der Waals surface area contributed by atoms with Crippen LogP contribution in [0.4, 0.5) is 5.69 Å². The first-order valence-corrected chi connectivity index (χ1v) is 8.76. The highest BCUT2D eigenvalue weighted by Gasteiger charge is 2.18. The minimum absolute atomic E-state index is 0.0295. The Balaban J connectivity index is 2.08. The maximum absolute atomic E-state index is 12.6. The maximum Gasteiger partial charge on any atom is 0.238 e. The van der Waals surface area contributed by atoms with Gasteiger partial charge in [-0.3, -0.25) is 9.69 Å². The predicted octanol–water partition coefficient (Wildman–Crippen LogP) is 3.52. The number of nitrogens with zero attached hydrogens (tertiary/aromatic N) is 1. The van der Waals surface area contributed by atoms with Crippen LogP contribution in [-0.2, 0) is 11.3 Å². The lowest BCUT2D eigenvalue weighted by molar-refractivity contribution is -0.118. The smallest absolute Gasteiger partial charge is 0.238 e. The standard InChI is InChI=1S/C21H28N2O2/c1-16-8-7-9-17(2)21(16)22-20(25)15-23(18(3)12-13-24)14-19-10-5-4-6-11-19/h4-11,18,24H,12-15H2,1-3H3,(H,22,25). The lowest BCUT2D eigenvalue weighted by Gasteiger charge is -2.28. The Labute approximate surface area is 150 Å². The third-order valence-electron chi connectivity index (χ3n) is 4.49. The molecule has 0 radical (unpaired) electrons. The zero-order valence-electron chi connectivity index (χ0n) is 15.3. The molecule has 4 nitrogen and oxygen atoms in total. The Morgan fingerprint density at radius 2 is 1.72 bits per heavy atom. The molecule has 0 bridgehead atoms. The van der Waals surface area contributed by atoms with E-state index in [0.29, 0.717) is 19.5 Å². The second-order valence-corrected chi connectivity index (χ2v) is 6.57. The van der Waals surface area contributed by atoms with E-state index in [0.717, 1.165) is 22.4 Å². The van der Waals surface area contributed by atoms with Crippen LogP contribution in [0.1, 0.15) is 30.0 Å². The van der Waals surface area contributed by atoms with E-state index in [2.05, 4.69) is 22.3 Å². The zero-order chi connectivity index (χ0) is 18.2. The fourth-order valence-corrected chi connectivity index (χ4v) is 2.93. The van der Waals surface area contributed by atoms with Gasteiger partial charge in [0.25, 0.3) is 0 Å². The monoisotopic (exact) mass is 340 g/mol. The number of amides is 1. The van der Waals surface area contributed by atoms with E-state index in [1.54, 1.807) is 0 Å². The van der Waals surface area contributed by atoms with Crippen molar-refractivity contribution in [2.75, 3.05) is 18.5 Å². The number of benzene rings is 2. The fourth-order valence-electron chi connectivity index (χ4n) is 2.93. The minimum Gasteiger partial charge on any atom is -0.396 e. The molecule has 0 spiro atoms. The topological polar surface area (TPSA) is 52.6 Å². The number of rotatable bonds is 8. The Kier molecular flexibility index (Phi) is 7.16. The Morgan fingerprint density at radius 3 is 2.32 bits per heavy atom. The van der Waals surface area contributed by atoms with Crippen molar-refractivity contribution in [2.45, 2.75) is 39.8 Å². The van der Waals surface area contributed by atoms with Crippen molar-refractivity contribution in [1.82, 2.24) is 4.90 Å². The van der Waals surface area contributed by atoms with Crippen LogP contribution in [0.3, 0.4) is 0 Å². The number of carbonyl (C=O) groups excluding carboxylic acids is 1. The molecule has 1 amide bonds. The molecule has 2 rings (SSSR count). The molecule has 134 valence electrons. The molecular formula is C21H28N2O2. The summed E-state index contributed by atoms with van der Waals surface area (Å²) in [4.78, 5) is 14.7. The summed E-state index contributed by atoms with van der Waals surface area (Å²) in [5, 5.41) is 12.3. The SMILES string of the molecule is Cc1cccc(C)c1NC(=O)CN(Cc1ccccc1)C(C)CCO. The third kappa shape index (κ3) is 5.69. The Morgan fingerprint density at radius 1 is 1.08 bits per heavy atom.